The summed E-state index contributed by atoms with van der Waals surface area (Å²) in [6, 6.07) is 10.2. The van der Waals surface area contributed by atoms with Crippen molar-refractivity contribution in [3.63, 3.8) is 0 Å². The molecule has 0 saturated carbocycles. The minimum Gasteiger partial charge on any atom is -0.355 e. The summed E-state index contributed by atoms with van der Waals surface area (Å²) in [5.41, 5.74) is 4.09. The number of rotatable bonds is 5. The highest BCUT2D eigenvalue weighted by atomic mass is 32.1. The molecule has 1 N–H and O–H groups in total. The predicted octanol–water partition coefficient (Wildman–Crippen LogP) is 2.98. The Morgan fingerprint density at radius 3 is 2.84 bits per heavy atom. The van der Waals surface area contributed by atoms with E-state index in [4.69, 9.17) is 0 Å². The highest BCUT2D eigenvalue weighted by molar-refractivity contribution is 7.07. The fourth-order valence-electron chi connectivity index (χ4n) is 1.89. The third-order valence-electron chi connectivity index (χ3n) is 2.82. The van der Waals surface area contributed by atoms with Gasteiger partial charge in [-0.3, -0.25) is 4.57 Å². The van der Waals surface area contributed by atoms with E-state index in [0.717, 1.165) is 30.3 Å². The molecule has 0 aliphatic rings. The fraction of sp³-hybridized carbons (Fsp3) is 0.143. The lowest BCUT2D eigenvalue weighted by atomic mass is 10.3. The van der Waals surface area contributed by atoms with Crippen LogP contribution in [0.4, 0.5) is 5.95 Å². The van der Waals surface area contributed by atoms with Crippen molar-refractivity contribution in [1.82, 2.24) is 14.5 Å². The zero-order valence-electron chi connectivity index (χ0n) is 10.4. The molecule has 0 atom stereocenters. The average Bonchev–Trinajstić information content (AvgIpc) is 3.11. The largest absolute Gasteiger partial charge is 0.355 e. The molecule has 19 heavy (non-hydrogen) atoms. The van der Waals surface area contributed by atoms with Gasteiger partial charge in [-0.25, -0.2) is 9.97 Å². The number of para-hydroxylation sites is 1. The van der Waals surface area contributed by atoms with Gasteiger partial charge in [0.1, 0.15) is 0 Å². The van der Waals surface area contributed by atoms with Gasteiger partial charge in [-0.05, 0) is 12.1 Å². The molecule has 3 aromatic rings. The van der Waals surface area contributed by atoms with Crippen LogP contribution in [0.2, 0.25) is 0 Å². The Kier molecular flexibility index (Phi) is 3.56. The Labute approximate surface area is 115 Å². The van der Waals surface area contributed by atoms with Crippen LogP contribution >= 0.6 is 11.3 Å². The van der Waals surface area contributed by atoms with Crippen LogP contribution in [0, 0.1) is 0 Å². The highest BCUT2D eigenvalue weighted by Crippen LogP contribution is 2.13. The molecule has 0 aliphatic carbocycles. The Balaban J connectivity index is 1.67. The number of thiazole rings is 1. The normalized spacial score (nSPS) is 10.5. The van der Waals surface area contributed by atoms with Crippen molar-refractivity contribution < 1.29 is 0 Å². The van der Waals surface area contributed by atoms with Crippen molar-refractivity contribution in [3.05, 3.63) is 59.3 Å². The Bertz CT molecular complexity index is 616. The van der Waals surface area contributed by atoms with Crippen LogP contribution in [0.25, 0.3) is 5.69 Å². The highest BCUT2D eigenvalue weighted by Gasteiger charge is 2.04. The molecule has 96 valence electrons. The summed E-state index contributed by atoms with van der Waals surface area (Å²) in [4.78, 5) is 8.61. The van der Waals surface area contributed by atoms with E-state index in [-0.39, 0.29) is 0 Å². The molecule has 0 aliphatic heterocycles. The minimum atomic E-state index is 0.827. The van der Waals surface area contributed by atoms with Crippen LogP contribution in [-0.2, 0) is 6.42 Å². The van der Waals surface area contributed by atoms with Gasteiger partial charge in [0, 0.05) is 36.4 Å². The van der Waals surface area contributed by atoms with Crippen LogP contribution in [0.5, 0.6) is 0 Å². The van der Waals surface area contributed by atoms with Crippen molar-refractivity contribution in [2.24, 2.45) is 0 Å². The molecule has 4 nitrogen and oxygen atoms in total. The maximum absolute atomic E-state index is 4.35. The molecule has 0 amide bonds. The van der Waals surface area contributed by atoms with E-state index >= 15 is 0 Å². The molecule has 0 spiro atoms. The van der Waals surface area contributed by atoms with Crippen LogP contribution in [-0.4, -0.2) is 21.1 Å². The smallest absolute Gasteiger partial charge is 0.207 e. The van der Waals surface area contributed by atoms with E-state index in [1.54, 1.807) is 17.5 Å². The second kappa shape index (κ2) is 5.67. The van der Waals surface area contributed by atoms with Crippen molar-refractivity contribution in [1.29, 1.82) is 0 Å². The van der Waals surface area contributed by atoms with Crippen molar-refractivity contribution >= 4 is 17.3 Å². The fourth-order valence-corrected chi connectivity index (χ4v) is 2.49. The third kappa shape index (κ3) is 2.82. The summed E-state index contributed by atoms with van der Waals surface area (Å²) >= 11 is 1.63. The SMILES string of the molecule is c1ccc(-n2ccnc2NCCc2cscn2)cc1. The topological polar surface area (TPSA) is 42.7 Å². The summed E-state index contributed by atoms with van der Waals surface area (Å²) in [6.07, 6.45) is 4.67. The van der Waals surface area contributed by atoms with Crippen molar-refractivity contribution in [2.75, 3.05) is 11.9 Å². The number of hydrogen-bond donors (Lipinski definition) is 1. The summed E-state index contributed by atoms with van der Waals surface area (Å²) in [6.45, 7) is 0.827. The molecule has 0 bridgehead atoms. The Hall–Kier alpha value is -2.14. The molecule has 1 aromatic carbocycles. The Morgan fingerprint density at radius 2 is 2.05 bits per heavy atom. The second-order valence-corrected chi connectivity index (χ2v) is 4.83. The van der Waals surface area contributed by atoms with Crippen LogP contribution in [0.3, 0.4) is 0 Å². The van der Waals surface area contributed by atoms with Crippen LogP contribution in [0.1, 0.15) is 5.69 Å². The zero-order valence-corrected chi connectivity index (χ0v) is 11.2. The van der Waals surface area contributed by atoms with Gasteiger partial charge >= 0.3 is 0 Å². The van der Waals surface area contributed by atoms with E-state index in [1.165, 1.54) is 0 Å². The molecule has 2 aromatic heterocycles. The molecule has 5 heteroatoms. The van der Waals surface area contributed by atoms with Gasteiger partial charge in [-0.2, -0.15) is 0 Å². The van der Waals surface area contributed by atoms with Gasteiger partial charge < -0.3 is 5.32 Å². The molecule has 0 saturated heterocycles. The molecule has 0 radical (unpaired) electrons. The molecular weight excluding hydrogens is 256 g/mol. The molecule has 2 heterocycles. The summed E-state index contributed by atoms with van der Waals surface area (Å²) in [7, 11) is 0. The van der Waals surface area contributed by atoms with Crippen molar-refractivity contribution in [2.45, 2.75) is 6.42 Å². The van der Waals surface area contributed by atoms with Crippen LogP contribution in [0.15, 0.2) is 53.6 Å². The Morgan fingerprint density at radius 1 is 1.16 bits per heavy atom. The van der Waals surface area contributed by atoms with Gasteiger partial charge in [0.15, 0.2) is 0 Å². The maximum Gasteiger partial charge on any atom is 0.207 e. The van der Waals surface area contributed by atoms with Gasteiger partial charge in [0.25, 0.3) is 0 Å². The number of hydrogen-bond acceptors (Lipinski definition) is 4. The van der Waals surface area contributed by atoms with Crippen LogP contribution < -0.4 is 5.32 Å². The van der Waals surface area contributed by atoms with E-state index in [2.05, 4.69) is 32.8 Å². The first kappa shape index (κ1) is 11.9. The van der Waals surface area contributed by atoms with E-state index in [0.29, 0.717) is 0 Å². The van der Waals surface area contributed by atoms with Crippen molar-refractivity contribution in [3.8, 4) is 5.69 Å². The standard InChI is InChI=1S/C14H14N4S/c1-2-4-13(5-3-1)18-9-8-16-14(18)15-7-6-12-10-19-11-17-12/h1-5,8-11H,6-7H2,(H,15,16). The minimum absolute atomic E-state index is 0.827. The number of anilines is 1. The molecule has 0 fully saturated rings. The molecule has 0 unspecified atom stereocenters. The lowest BCUT2D eigenvalue weighted by molar-refractivity contribution is 0.939. The molecular formula is C14H14N4S. The van der Waals surface area contributed by atoms with E-state index in [9.17, 15) is 0 Å². The number of imidazole rings is 1. The third-order valence-corrected chi connectivity index (χ3v) is 3.46. The summed E-state index contributed by atoms with van der Waals surface area (Å²) < 4.78 is 2.04. The zero-order chi connectivity index (χ0) is 12.9. The predicted molar refractivity (Wildman–Crippen MR) is 77.9 cm³/mol. The summed E-state index contributed by atoms with van der Waals surface area (Å²) in [5.74, 6) is 0.862. The monoisotopic (exact) mass is 270 g/mol. The van der Waals surface area contributed by atoms with Gasteiger partial charge in [-0.15, -0.1) is 11.3 Å². The first-order valence-corrected chi connectivity index (χ1v) is 7.07. The molecule has 3 rings (SSSR count). The first-order valence-electron chi connectivity index (χ1n) is 6.13. The average molecular weight is 270 g/mol. The van der Waals surface area contributed by atoms with Gasteiger partial charge in [0.2, 0.25) is 5.95 Å². The number of benzene rings is 1. The van der Waals surface area contributed by atoms with E-state index < -0.39 is 0 Å². The quantitative estimate of drug-likeness (QED) is 0.775. The van der Waals surface area contributed by atoms with Gasteiger partial charge in [-0.1, -0.05) is 18.2 Å². The van der Waals surface area contributed by atoms with E-state index in [1.807, 2.05) is 34.5 Å². The summed E-state index contributed by atoms with van der Waals surface area (Å²) in [5, 5.41) is 5.42. The number of nitrogens with one attached hydrogen (secondary N) is 1. The van der Waals surface area contributed by atoms with Gasteiger partial charge in [0.05, 0.1) is 11.2 Å². The lowest BCUT2D eigenvalue weighted by Crippen LogP contribution is -2.09. The lowest BCUT2D eigenvalue weighted by Gasteiger charge is -2.09. The maximum atomic E-state index is 4.35. The number of aromatic nitrogens is 3. The number of nitrogens with zero attached hydrogens (tertiary/aromatic N) is 3. The first-order chi connectivity index (χ1) is 9.43. The second-order valence-electron chi connectivity index (χ2n) is 4.11.